The van der Waals surface area contributed by atoms with Crippen LogP contribution in [0.4, 0.5) is 4.39 Å². The van der Waals surface area contributed by atoms with Crippen molar-refractivity contribution in [1.29, 1.82) is 0 Å². The molecule has 0 radical (unpaired) electrons. The fourth-order valence-corrected chi connectivity index (χ4v) is 1.95. The summed E-state index contributed by atoms with van der Waals surface area (Å²) in [7, 11) is 0. The number of halogens is 1. The molecule has 0 aliphatic heterocycles. The average Bonchev–Trinajstić information content (AvgIpc) is 2.52. The summed E-state index contributed by atoms with van der Waals surface area (Å²) in [5, 5.41) is 2.83. The average molecular weight is 283 g/mol. The third-order valence-electron chi connectivity index (χ3n) is 3.08. The molecule has 0 aromatic heterocycles. The number of amides is 1. The van der Waals surface area contributed by atoms with E-state index in [1.807, 2.05) is 18.2 Å². The first kappa shape index (κ1) is 15.0. The highest BCUT2D eigenvalue weighted by Crippen LogP contribution is 2.04. The van der Waals surface area contributed by atoms with Crippen LogP contribution in [0.1, 0.15) is 17.5 Å². The van der Waals surface area contributed by atoms with Crippen LogP contribution in [-0.2, 0) is 11.2 Å². The van der Waals surface area contributed by atoms with Crippen LogP contribution in [0.15, 0.2) is 60.7 Å². The summed E-state index contributed by atoms with van der Waals surface area (Å²) in [6, 6.07) is 16.2. The summed E-state index contributed by atoms with van der Waals surface area (Å²) < 4.78 is 12.7. The molecule has 3 heteroatoms. The van der Waals surface area contributed by atoms with Gasteiger partial charge in [0.05, 0.1) is 0 Å². The topological polar surface area (TPSA) is 29.1 Å². The standard InChI is InChI=1S/C18H18FNO/c19-17-11-8-16(9-12-17)10-13-18(21)20-14-4-7-15-5-2-1-3-6-15/h1-3,5-6,8-13H,4,7,14H2,(H,20,21)/b13-10+. The van der Waals surface area contributed by atoms with Crippen LogP contribution >= 0.6 is 0 Å². The normalized spacial score (nSPS) is 10.7. The van der Waals surface area contributed by atoms with Crippen molar-refractivity contribution in [3.8, 4) is 0 Å². The largest absolute Gasteiger partial charge is 0.353 e. The summed E-state index contributed by atoms with van der Waals surface area (Å²) >= 11 is 0. The van der Waals surface area contributed by atoms with E-state index < -0.39 is 0 Å². The highest BCUT2D eigenvalue weighted by atomic mass is 19.1. The molecule has 0 saturated heterocycles. The number of carbonyl (C=O) groups excluding carboxylic acids is 1. The van der Waals surface area contributed by atoms with E-state index in [-0.39, 0.29) is 11.7 Å². The Morgan fingerprint density at radius 3 is 2.48 bits per heavy atom. The van der Waals surface area contributed by atoms with Crippen molar-refractivity contribution in [2.24, 2.45) is 0 Å². The maximum atomic E-state index is 12.7. The molecule has 21 heavy (non-hydrogen) atoms. The van der Waals surface area contributed by atoms with Crippen LogP contribution in [0.3, 0.4) is 0 Å². The molecule has 0 aliphatic carbocycles. The van der Waals surface area contributed by atoms with Gasteiger partial charge in [0, 0.05) is 12.6 Å². The van der Waals surface area contributed by atoms with E-state index in [2.05, 4.69) is 17.4 Å². The summed E-state index contributed by atoms with van der Waals surface area (Å²) in [5.74, 6) is -0.412. The van der Waals surface area contributed by atoms with Crippen LogP contribution < -0.4 is 5.32 Å². The Balaban J connectivity index is 1.69. The van der Waals surface area contributed by atoms with Gasteiger partial charge in [0.1, 0.15) is 5.82 Å². The first-order valence-electron chi connectivity index (χ1n) is 6.99. The van der Waals surface area contributed by atoms with Crippen molar-refractivity contribution in [3.05, 3.63) is 77.6 Å². The van der Waals surface area contributed by atoms with Gasteiger partial charge in [-0.05, 0) is 42.2 Å². The number of hydrogen-bond donors (Lipinski definition) is 1. The lowest BCUT2D eigenvalue weighted by molar-refractivity contribution is -0.116. The lowest BCUT2D eigenvalue weighted by Gasteiger charge is -2.02. The van der Waals surface area contributed by atoms with Gasteiger partial charge in [-0.1, -0.05) is 42.5 Å². The summed E-state index contributed by atoms with van der Waals surface area (Å²) in [6.45, 7) is 0.640. The van der Waals surface area contributed by atoms with E-state index in [0.29, 0.717) is 6.54 Å². The first-order chi connectivity index (χ1) is 10.2. The highest BCUT2D eigenvalue weighted by molar-refractivity contribution is 5.91. The minimum Gasteiger partial charge on any atom is -0.353 e. The van der Waals surface area contributed by atoms with E-state index in [1.165, 1.54) is 23.8 Å². The lowest BCUT2D eigenvalue weighted by atomic mass is 10.1. The number of aryl methyl sites for hydroxylation is 1. The zero-order chi connectivity index (χ0) is 14.9. The SMILES string of the molecule is O=C(/C=C/c1ccc(F)cc1)NCCCc1ccccc1. The lowest BCUT2D eigenvalue weighted by Crippen LogP contribution is -2.22. The molecule has 2 aromatic rings. The molecule has 0 atom stereocenters. The molecular weight excluding hydrogens is 265 g/mol. The fraction of sp³-hybridized carbons (Fsp3) is 0.167. The number of carbonyl (C=O) groups is 1. The van der Waals surface area contributed by atoms with Gasteiger partial charge < -0.3 is 5.32 Å². The van der Waals surface area contributed by atoms with Gasteiger partial charge in [0.2, 0.25) is 5.91 Å². The third-order valence-corrected chi connectivity index (χ3v) is 3.08. The number of hydrogen-bond acceptors (Lipinski definition) is 1. The van der Waals surface area contributed by atoms with E-state index in [4.69, 9.17) is 0 Å². The third kappa shape index (κ3) is 5.61. The maximum absolute atomic E-state index is 12.7. The van der Waals surface area contributed by atoms with Gasteiger partial charge in [-0.2, -0.15) is 0 Å². The Kier molecular flexibility index (Phi) is 5.71. The molecule has 0 heterocycles. The molecule has 0 saturated carbocycles. The van der Waals surface area contributed by atoms with Crippen LogP contribution in [0.5, 0.6) is 0 Å². The molecule has 0 bridgehead atoms. The molecule has 0 fully saturated rings. The van der Waals surface area contributed by atoms with Gasteiger partial charge in [0.25, 0.3) is 0 Å². The summed E-state index contributed by atoms with van der Waals surface area (Å²) in [6.07, 6.45) is 4.99. The van der Waals surface area contributed by atoms with Crippen molar-refractivity contribution in [2.75, 3.05) is 6.54 Å². The fourth-order valence-electron chi connectivity index (χ4n) is 1.95. The van der Waals surface area contributed by atoms with Gasteiger partial charge >= 0.3 is 0 Å². The van der Waals surface area contributed by atoms with Crippen LogP contribution in [0.25, 0.3) is 6.08 Å². The van der Waals surface area contributed by atoms with Crippen molar-refractivity contribution >= 4 is 12.0 Å². The second-order valence-corrected chi connectivity index (χ2v) is 4.77. The predicted octanol–water partition coefficient (Wildman–Crippen LogP) is 3.59. The molecule has 2 aromatic carbocycles. The van der Waals surface area contributed by atoms with E-state index in [9.17, 15) is 9.18 Å². The number of rotatable bonds is 6. The van der Waals surface area contributed by atoms with Crippen molar-refractivity contribution in [1.82, 2.24) is 5.32 Å². The Labute approximate surface area is 124 Å². The maximum Gasteiger partial charge on any atom is 0.243 e. The van der Waals surface area contributed by atoms with Crippen molar-refractivity contribution in [3.63, 3.8) is 0 Å². The molecule has 1 amide bonds. The van der Waals surface area contributed by atoms with Crippen LogP contribution in [0, 0.1) is 5.82 Å². The van der Waals surface area contributed by atoms with E-state index >= 15 is 0 Å². The van der Waals surface area contributed by atoms with Gasteiger partial charge in [-0.15, -0.1) is 0 Å². The Hall–Kier alpha value is -2.42. The van der Waals surface area contributed by atoms with Gasteiger partial charge in [-0.25, -0.2) is 4.39 Å². The predicted molar refractivity (Wildman–Crippen MR) is 83.2 cm³/mol. The van der Waals surface area contributed by atoms with Crippen LogP contribution in [0.2, 0.25) is 0 Å². The van der Waals surface area contributed by atoms with Crippen molar-refractivity contribution in [2.45, 2.75) is 12.8 Å². The van der Waals surface area contributed by atoms with Gasteiger partial charge in [-0.3, -0.25) is 4.79 Å². The molecule has 2 rings (SSSR count). The molecule has 0 spiro atoms. The minimum atomic E-state index is -0.280. The summed E-state index contributed by atoms with van der Waals surface area (Å²) in [4.78, 5) is 11.6. The quantitative estimate of drug-likeness (QED) is 0.637. The Morgan fingerprint density at radius 2 is 1.76 bits per heavy atom. The Morgan fingerprint density at radius 1 is 1.05 bits per heavy atom. The molecular formula is C18H18FNO. The van der Waals surface area contributed by atoms with E-state index in [0.717, 1.165) is 18.4 Å². The Bertz CT molecular complexity index is 590. The molecule has 1 N–H and O–H groups in total. The second-order valence-electron chi connectivity index (χ2n) is 4.77. The first-order valence-corrected chi connectivity index (χ1v) is 6.99. The van der Waals surface area contributed by atoms with Gasteiger partial charge in [0.15, 0.2) is 0 Å². The summed E-state index contributed by atoms with van der Waals surface area (Å²) in [5.41, 5.74) is 2.07. The smallest absolute Gasteiger partial charge is 0.243 e. The molecule has 108 valence electrons. The minimum absolute atomic E-state index is 0.132. The number of nitrogens with one attached hydrogen (secondary N) is 1. The zero-order valence-corrected chi connectivity index (χ0v) is 11.8. The highest BCUT2D eigenvalue weighted by Gasteiger charge is 1.96. The zero-order valence-electron chi connectivity index (χ0n) is 11.8. The van der Waals surface area contributed by atoms with E-state index in [1.54, 1.807) is 18.2 Å². The van der Waals surface area contributed by atoms with Crippen molar-refractivity contribution < 1.29 is 9.18 Å². The molecule has 0 aliphatic rings. The monoisotopic (exact) mass is 283 g/mol. The molecule has 0 unspecified atom stereocenters. The number of benzene rings is 2. The second kappa shape index (κ2) is 8.00. The van der Waals surface area contributed by atoms with Crippen LogP contribution in [-0.4, -0.2) is 12.5 Å². The molecule has 2 nitrogen and oxygen atoms in total.